The SMILES string of the molecule is CCCCOC(=O)C1C(C)=NC2=C(C(=O)CC(C)(C)C2)[C@@H]1c1ccc(OCc2ccccc2)c(OC)c1. The van der Waals surface area contributed by atoms with E-state index in [2.05, 4.69) is 20.8 Å². The Balaban J connectivity index is 1.72. The van der Waals surface area contributed by atoms with Crippen molar-refractivity contribution in [3.8, 4) is 11.5 Å². The summed E-state index contributed by atoms with van der Waals surface area (Å²) < 4.78 is 17.4. The van der Waals surface area contributed by atoms with Crippen LogP contribution < -0.4 is 9.47 Å². The van der Waals surface area contributed by atoms with Crippen LogP contribution in [0.4, 0.5) is 0 Å². The molecule has 0 bridgehead atoms. The number of ketones is 1. The van der Waals surface area contributed by atoms with Crippen molar-refractivity contribution in [2.75, 3.05) is 13.7 Å². The predicted molar refractivity (Wildman–Crippen MR) is 144 cm³/mol. The third-order valence-electron chi connectivity index (χ3n) is 7.08. The molecule has 0 N–H and O–H groups in total. The van der Waals surface area contributed by atoms with Crippen LogP contribution in [0.15, 0.2) is 64.8 Å². The second-order valence-corrected chi connectivity index (χ2v) is 10.7. The van der Waals surface area contributed by atoms with Gasteiger partial charge in [0.05, 0.1) is 13.7 Å². The minimum Gasteiger partial charge on any atom is -0.493 e. The lowest BCUT2D eigenvalue weighted by atomic mass is 9.67. The van der Waals surface area contributed by atoms with E-state index in [0.717, 1.165) is 29.7 Å². The van der Waals surface area contributed by atoms with Crippen LogP contribution in [-0.2, 0) is 20.9 Å². The van der Waals surface area contributed by atoms with Crippen molar-refractivity contribution in [2.45, 2.75) is 65.9 Å². The molecule has 2 aromatic rings. The van der Waals surface area contributed by atoms with E-state index in [-0.39, 0.29) is 17.2 Å². The Labute approximate surface area is 219 Å². The topological polar surface area (TPSA) is 74.2 Å². The minimum atomic E-state index is -0.665. The molecule has 2 aliphatic rings. The fourth-order valence-corrected chi connectivity index (χ4v) is 5.25. The number of benzene rings is 2. The molecule has 0 spiro atoms. The Kier molecular flexibility index (Phi) is 8.16. The third kappa shape index (κ3) is 5.95. The monoisotopic (exact) mass is 503 g/mol. The van der Waals surface area contributed by atoms with E-state index in [4.69, 9.17) is 19.2 Å². The van der Waals surface area contributed by atoms with Crippen molar-refractivity contribution in [1.82, 2.24) is 0 Å². The highest BCUT2D eigenvalue weighted by Crippen LogP contribution is 2.49. The first-order valence-electron chi connectivity index (χ1n) is 13.1. The molecule has 196 valence electrons. The highest BCUT2D eigenvalue weighted by atomic mass is 16.5. The smallest absolute Gasteiger partial charge is 0.315 e. The second-order valence-electron chi connectivity index (χ2n) is 10.7. The highest BCUT2D eigenvalue weighted by molar-refractivity contribution is 6.09. The molecule has 6 nitrogen and oxygen atoms in total. The summed E-state index contributed by atoms with van der Waals surface area (Å²) >= 11 is 0. The lowest BCUT2D eigenvalue weighted by Gasteiger charge is -2.39. The van der Waals surface area contributed by atoms with Gasteiger partial charge in [0.1, 0.15) is 12.5 Å². The number of Topliss-reactive ketones (excluding diaryl/α,β-unsaturated/α-hetero) is 1. The molecule has 0 radical (unpaired) electrons. The Hall–Kier alpha value is -3.41. The van der Waals surface area contributed by atoms with Crippen LogP contribution in [-0.4, -0.2) is 31.2 Å². The van der Waals surface area contributed by atoms with Crippen molar-refractivity contribution >= 4 is 17.5 Å². The molecule has 6 heteroatoms. The number of carbonyl (C=O) groups excluding carboxylic acids is 2. The molecule has 2 atom stereocenters. The summed E-state index contributed by atoms with van der Waals surface area (Å²) in [6.07, 6.45) is 2.83. The maximum Gasteiger partial charge on any atom is 0.315 e. The summed E-state index contributed by atoms with van der Waals surface area (Å²) in [5, 5.41) is 0. The zero-order valence-corrected chi connectivity index (χ0v) is 22.5. The minimum absolute atomic E-state index is 0.0437. The molecule has 37 heavy (non-hydrogen) atoms. The van der Waals surface area contributed by atoms with Gasteiger partial charge < -0.3 is 14.2 Å². The summed E-state index contributed by atoms with van der Waals surface area (Å²) in [6, 6.07) is 15.6. The zero-order chi connectivity index (χ0) is 26.6. The maximum atomic E-state index is 13.5. The number of carbonyl (C=O) groups is 2. The van der Waals surface area contributed by atoms with Gasteiger partial charge in [-0.15, -0.1) is 0 Å². The third-order valence-corrected chi connectivity index (χ3v) is 7.08. The first kappa shape index (κ1) is 26.6. The lowest BCUT2D eigenvalue weighted by Crippen LogP contribution is -2.39. The van der Waals surface area contributed by atoms with Gasteiger partial charge in [0.25, 0.3) is 0 Å². The summed E-state index contributed by atoms with van der Waals surface area (Å²) in [5.41, 5.74) is 3.78. The van der Waals surface area contributed by atoms with Crippen molar-refractivity contribution in [1.29, 1.82) is 0 Å². The number of rotatable bonds is 9. The van der Waals surface area contributed by atoms with E-state index >= 15 is 0 Å². The van der Waals surface area contributed by atoms with Crippen molar-refractivity contribution in [3.05, 3.63) is 70.9 Å². The Morgan fingerprint density at radius 3 is 2.54 bits per heavy atom. The van der Waals surface area contributed by atoms with Gasteiger partial charge in [0.2, 0.25) is 0 Å². The number of aliphatic imine (C=N–C) groups is 1. The van der Waals surface area contributed by atoms with Crippen LogP contribution in [0.25, 0.3) is 0 Å². The van der Waals surface area contributed by atoms with E-state index in [1.807, 2.05) is 55.5 Å². The Morgan fingerprint density at radius 1 is 1.08 bits per heavy atom. The zero-order valence-electron chi connectivity index (χ0n) is 22.5. The first-order chi connectivity index (χ1) is 17.7. The quantitative estimate of drug-likeness (QED) is 0.291. The number of ether oxygens (including phenoxy) is 3. The second kappa shape index (κ2) is 11.3. The van der Waals surface area contributed by atoms with Gasteiger partial charge in [-0.05, 0) is 48.4 Å². The van der Waals surface area contributed by atoms with Crippen molar-refractivity contribution in [2.24, 2.45) is 16.3 Å². The van der Waals surface area contributed by atoms with Crippen molar-refractivity contribution in [3.63, 3.8) is 0 Å². The summed E-state index contributed by atoms with van der Waals surface area (Å²) in [5.74, 6) is -0.292. The molecule has 0 fully saturated rings. The molecule has 1 aliphatic carbocycles. The first-order valence-corrected chi connectivity index (χ1v) is 13.1. The Morgan fingerprint density at radius 2 is 1.84 bits per heavy atom. The number of esters is 1. The molecule has 1 unspecified atom stereocenters. The van der Waals surface area contributed by atoms with Crippen LogP contribution in [0.1, 0.15) is 70.4 Å². The normalized spacial score (nSPS) is 20.7. The number of hydrogen-bond donors (Lipinski definition) is 0. The average Bonchev–Trinajstić information content (AvgIpc) is 2.86. The van der Waals surface area contributed by atoms with E-state index in [1.54, 1.807) is 7.11 Å². The van der Waals surface area contributed by atoms with Crippen LogP contribution in [0, 0.1) is 11.3 Å². The van der Waals surface area contributed by atoms with Gasteiger partial charge in [0, 0.05) is 29.3 Å². The molecular weight excluding hydrogens is 466 g/mol. The fourth-order valence-electron chi connectivity index (χ4n) is 5.25. The number of allylic oxidation sites excluding steroid dienone is 2. The van der Waals surface area contributed by atoms with Crippen LogP contribution >= 0.6 is 0 Å². The molecule has 2 aromatic carbocycles. The van der Waals surface area contributed by atoms with Gasteiger partial charge in [-0.2, -0.15) is 0 Å². The molecule has 4 rings (SSSR count). The van der Waals surface area contributed by atoms with Gasteiger partial charge >= 0.3 is 5.97 Å². The summed E-state index contributed by atoms with van der Waals surface area (Å²) in [4.78, 5) is 31.7. The van der Waals surface area contributed by atoms with E-state index in [0.29, 0.717) is 48.8 Å². The van der Waals surface area contributed by atoms with Gasteiger partial charge in [-0.1, -0.05) is 63.6 Å². The summed E-state index contributed by atoms with van der Waals surface area (Å²) in [7, 11) is 1.59. The fraction of sp³-hybridized carbons (Fsp3) is 0.452. The van der Waals surface area contributed by atoms with Gasteiger partial charge in [-0.3, -0.25) is 14.6 Å². The molecular formula is C31H37NO5. The van der Waals surface area contributed by atoms with Crippen LogP contribution in [0.5, 0.6) is 11.5 Å². The largest absolute Gasteiger partial charge is 0.493 e. The molecule has 1 aliphatic heterocycles. The number of hydrogen-bond acceptors (Lipinski definition) is 6. The van der Waals surface area contributed by atoms with E-state index in [9.17, 15) is 9.59 Å². The van der Waals surface area contributed by atoms with Gasteiger partial charge in [-0.25, -0.2) is 0 Å². The number of unbranched alkanes of at least 4 members (excludes halogenated alkanes) is 1. The lowest BCUT2D eigenvalue weighted by molar-refractivity contribution is -0.146. The predicted octanol–water partition coefficient (Wildman–Crippen LogP) is 6.44. The maximum absolute atomic E-state index is 13.5. The Bertz CT molecular complexity index is 1210. The van der Waals surface area contributed by atoms with E-state index in [1.165, 1.54) is 0 Å². The molecule has 0 aromatic heterocycles. The summed E-state index contributed by atoms with van der Waals surface area (Å²) in [6.45, 7) is 8.85. The standard InChI is InChI=1S/C31H37NO5/c1-6-7-15-36-30(34)27-20(2)32-23-17-31(3,4)18-24(33)29(23)28(27)22-13-14-25(26(16-22)35-5)37-19-21-11-9-8-10-12-21/h8-14,16,27-28H,6-7,15,17-19H2,1-5H3/t27?,28-/m1/s1. The molecule has 0 amide bonds. The highest BCUT2D eigenvalue weighted by Gasteiger charge is 2.46. The van der Waals surface area contributed by atoms with Crippen LogP contribution in [0.3, 0.4) is 0 Å². The molecule has 1 heterocycles. The molecule has 0 saturated heterocycles. The van der Waals surface area contributed by atoms with Crippen LogP contribution in [0.2, 0.25) is 0 Å². The number of nitrogens with zero attached hydrogens (tertiary/aromatic N) is 1. The average molecular weight is 504 g/mol. The van der Waals surface area contributed by atoms with Crippen molar-refractivity contribution < 1.29 is 23.8 Å². The van der Waals surface area contributed by atoms with Gasteiger partial charge in [0.15, 0.2) is 17.3 Å². The molecule has 0 saturated carbocycles. The number of methoxy groups -OCH3 is 1. The van der Waals surface area contributed by atoms with E-state index < -0.39 is 11.8 Å².